The van der Waals surface area contributed by atoms with E-state index in [9.17, 15) is 0 Å². The Labute approximate surface area is 84.0 Å². The summed E-state index contributed by atoms with van der Waals surface area (Å²) >= 11 is 0. The molecule has 0 amide bonds. The molecule has 0 atom stereocenters. The van der Waals surface area contributed by atoms with Gasteiger partial charge in [0.2, 0.25) is 0 Å². The monoisotopic (exact) mass is 187 g/mol. The second kappa shape index (κ2) is 4.10. The molecule has 1 fully saturated rings. The second-order valence-electron chi connectivity index (χ2n) is 3.55. The predicted molar refractivity (Wildman–Crippen MR) is 55.0 cm³/mol. The van der Waals surface area contributed by atoms with Gasteiger partial charge in [0.1, 0.15) is 6.07 Å². The van der Waals surface area contributed by atoms with E-state index in [1.807, 2.05) is 6.07 Å². The third-order valence-corrected chi connectivity index (χ3v) is 2.62. The molecule has 0 aromatic carbocycles. The smallest absolute Gasteiger partial charge is 0.103 e. The van der Waals surface area contributed by atoms with Gasteiger partial charge in [-0.05, 0) is 25.3 Å². The maximum atomic E-state index is 8.93. The molecule has 3 nitrogen and oxygen atoms in total. The Balaban J connectivity index is 2.26. The molecule has 72 valence electrons. The average molecular weight is 187 g/mol. The zero-order chi connectivity index (χ0) is 9.80. The van der Waals surface area contributed by atoms with Gasteiger partial charge in [0, 0.05) is 25.5 Å². The number of hydrogen-bond donors (Lipinski definition) is 0. The lowest BCUT2D eigenvalue weighted by Gasteiger charge is -2.29. The molecule has 0 saturated carbocycles. The van der Waals surface area contributed by atoms with E-state index in [0.29, 0.717) is 5.56 Å². The Bertz CT molecular complexity index is 348. The molecule has 0 unspecified atom stereocenters. The minimum atomic E-state index is 0.689. The van der Waals surface area contributed by atoms with Crippen LogP contribution >= 0.6 is 0 Å². The van der Waals surface area contributed by atoms with Gasteiger partial charge in [0.05, 0.1) is 11.3 Å². The first-order valence-electron chi connectivity index (χ1n) is 5.01. The van der Waals surface area contributed by atoms with Crippen LogP contribution < -0.4 is 4.90 Å². The van der Waals surface area contributed by atoms with Gasteiger partial charge < -0.3 is 4.90 Å². The summed E-state index contributed by atoms with van der Waals surface area (Å²) in [6, 6.07) is 4.12. The molecular weight excluding hydrogens is 174 g/mol. The lowest BCUT2D eigenvalue weighted by molar-refractivity contribution is 0.577. The SMILES string of the molecule is N#Cc1cnccc1N1CCCCC1. The summed E-state index contributed by atoms with van der Waals surface area (Å²) in [6.45, 7) is 2.14. The van der Waals surface area contributed by atoms with E-state index in [2.05, 4.69) is 16.0 Å². The predicted octanol–water partition coefficient (Wildman–Crippen LogP) is 1.94. The number of rotatable bonds is 1. The fraction of sp³-hybridized carbons (Fsp3) is 0.455. The van der Waals surface area contributed by atoms with E-state index in [1.54, 1.807) is 12.4 Å². The van der Waals surface area contributed by atoms with Crippen molar-refractivity contribution >= 4 is 5.69 Å². The van der Waals surface area contributed by atoms with Crippen LogP contribution in [0.1, 0.15) is 24.8 Å². The molecule has 1 saturated heterocycles. The molecule has 1 aromatic heterocycles. The van der Waals surface area contributed by atoms with Crippen LogP contribution in [0.15, 0.2) is 18.5 Å². The second-order valence-corrected chi connectivity index (χ2v) is 3.55. The van der Waals surface area contributed by atoms with Crippen molar-refractivity contribution in [3.8, 4) is 6.07 Å². The van der Waals surface area contributed by atoms with E-state index in [0.717, 1.165) is 18.8 Å². The normalized spacial score (nSPS) is 16.4. The van der Waals surface area contributed by atoms with Crippen molar-refractivity contribution in [3.05, 3.63) is 24.0 Å². The number of nitrogens with zero attached hydrogens (tertiary/aromatic N) is 3. The van der Waals surface area contributed by atoms with Crippen LogP contribution in [0.25, 0.3) is 0 Å². The highest BCUT2D eigenvalue weighted by Crippen LogP contribution is 2.22. The van der Waals surface area contributed by atoms with E-state index in [1.165, 1.54) is 19.3 Å². The molecule has 1 aliphatic heterocycles. The maximum absolute atomic E-state index is 8.93. The van der Waals surface area contributed by atoms with Crippen LogP contribution in [0, 0.1) is 11.3 Å². The number of nitriles is 1. The van der Waals surface area contributed by atoms with Gasteiger partial charge in [-0.15, -0.1) is 0 Å². The highest BCUT2D eigenvalue weighted by molar-refractivity contribution is 5.57. The standard InChI is InChI=1S/C11H13N3/c12-8-10-9-13-5-4-11(10)14-6-2-1-3-7-14/h4-5,9H,1-3,6-7H2. The Morgan fingerprint density at radius 1 is 1.29 bits per heavy atom. The molecule has 2 heterocycles. The summed E-state index contributed by atoms with van der Waals surface area (Å²) < 4.78 is 0. The molecule has 0 bridgehead atoms. The van der Waals surface area contributed by atoms with Crippen molar-refractivity contribution in [2.75, 3.05) is 18.0 Å². The van der Waals surface area contributed by atoms with Crippen molar-refractivity contribution in [2.45, 2.75) is 19.3 Å². The number of hydrogen-bond acceptors (Lipinski definition) is 3. The van der Waals surface area contributed by atoms with E-state index < -0.39 is 0 Å². The number of aromatic nitrogens is 1. The Hall–Kier alpha value is -1.56. The third-order valence-electron chi connectivity index (χ3n) is 2.62. The van der Waals surface area contributed by atoms with Gasteiger partial charge in [-0.1, -0.05) is 0 Å². The summed E-state index contributed by atoms with van der Waals surface area (Å²) in [5, 5.41) is 8.93. The number of anilines is 1. The molecule has 1 aliphatic rings. The molecule has 0 spiro atoms. The van der Waals surface area contributed by atoms with Gasteiger partial charge >= 0.3 is 0 Å². The Morgan fingerprint density at radius 3 is 2.79 bits per heavy atom. The quantitative estimate of drug-likeness (QED) is 0.674. The van der Waals surface area contributed by atoms with Crippen LogP contribution in [-0.4, -0.2) is 18.1 Å². The van der Waals surface area contributed by atoms with Crippen molar-refractivity contribution in [3.63, 3.8) is 0 Å². The molecule has 14 heavy (non-hydrogen) atoms. The topological polar surface area (TPSA) is 39.9 Å². The largest absolute Gasteiger partial charge is 0.370 e. The fourth-order valence-corrected chi connectivity index (χ4v) is 1.88. The Kier molecular flexibility index (Phi) is 2.64. The third kappa shape index (κ3) is 1.69. The minimum absolute atomic E-state index is 0.689. The molecule has 1 aromatic rings. The summed E-state index contributed by atoms with van der Waals surface area (Å²) in [4.78, 5) is 6.24. The molecule has 0 aliphatic carbocycles. The highest BCUT2D eigenvalue weighted by Gasteiger charge is 2.13. The van der Waals surface area contributed by atoms with Crippen molar-refractivity contribution in [1.29, 1.82) is 5.26 Å². The summed E-state index contributed by atoms with van der Waals surface area (Å²) in [6.07, 6.45) is 7.17. The Morgan fingerprint density at radius 2 is 2.07 bits per heavy atom. The first-order chi connectivity index (χ1) is 6.92. The summed E-state index contributed by atoms with van der Waals surface area (Å²) in [5.74, 6) is 0. The van der Waals surface area contributed by atoms with Gasteiger partial charge in [0.25, 0.3) is 0 Å². The molecule has 0 N–H and O–H groups in total. The highest BCUT2D eigenvalue weighted by atomic mass is 15.1. The fourth-order valence-electron chi connectivity index (χ4n) is 1.88. The summed E-state index contributed by atoms with van der Waals surface area (Å²) in [5.41, 5.74) is 1.73. The van der Waals surface area contributed by atoms with Crippen molar-refractivity contribution in [2.24, 2.45) is 0 Å². The van der Waals surface area contributed by atoms with Gasteiger partial charge in [-0.2, -0.15) is 5.26 Å². The number of pyridine rings is 1. The van der Waals surface area contributed by atoms with Gasteiger partial charge in [-0.3, -0.25) is 4.98 Å². The van der Waals surface area contributed by atoms with Crippen molar-refractivity contribution in [1.82, 2.24) is 4.98 Å². The average Bonchev–Trinajstić information content (AvgIpc) is 2.30. The van der Waals surface area contributed by atoms with E-state index >= 15 is 0 Å². The molecule has 3 heteroatoms. The van der Waals surface area contributed by atoms with Crippen molar-refractivity contribution < 1.29 is 0 Å². The number of piperidine rings is 1. The molecular formula is C11H13N3. The van der Waals surface area contributed by atoms with Crippen LogP contribution in [0.3, 0.4) is 0 Å². The first kappa shape index (κ1) is 9.01. The summed E-state index contributed by atoms with van der Waals surface area (Å²) in [7, 11) is 0. The first-order valence-corrected chi connectivity index (χ1v) is 5.01. The van der Waals surface area contributed by atoms with Crippen LogP contribution in [0.4, 0.5) is 5.69 Å². The van der Waals surface area contributed by atoms with Gasteiger partial charge in [-0.25, -0.2) is 0 Å². The molecule has 2 rings (SSSR count). The van der Waals surface area contributed by atoms with Crippen LogP contribution in [-0.2, 0) is 0 Å². The lowest BCUT2D eigenvalue weighted by atomic mass is 10.1. The van der Waals surface area contributed by atoms with E-state index in [4.69, 9.17) is 5.26 Å². The maximum Gasteiger partial charge on any atom is 0.103 e. The van der Waals surface area contributed by atoms with Crippen LogP contribution in [0.5, 0.6) is 0 Å². The zero-order valence-corrected chi connectivity index (χ0v) is 8.11. The zero-order valence-electron chi connectivity index (χ0n) is 8.11. The lowest BCUT2D eigenvalue weighted by Crippen LogP contribution is -2.30. The molecule has 0 radical (unpaired) electrons. The van der Waals surface area contributed by atoms with E-state index in [-0.39, 0.29) is 0 Å². The van der Waals surface area contributed by atoms with Crippen LogP contribution in [0.2, 0.25) is 0 Å². The van der Waals surface area contributed by atoms with Gasteiger partial charge in [0.15, 0.2) is 0 Å². The minimum Gasteiger partial charge on any atom is -0.370 e.